The number of rotatable bonds is 21. The summed E-state index contributed by atoms with van der Waals surface area (Å²) in [6.45, 7) is 1.63. The minimum Gasteiger partial charge on any atom is -0.464 e. The van der Waals surface area contributed by atoms with Crippen LogP contribution in [0, 0.1) is 41.4 Å². The van der Waals surface area contributed by atoms with E-state index in [1.807, 2.05) is 0 Å². The third kappa shape index (κ3) is 39.8. The first-order chi connectivity index (χ1) is 39.7. The van der Waals surface area contributed by atoms with Gasteiger partial charge in [0.1, 0.15) is 49.4 Å². The fourth-order valence-electron chi connectivity index (χ4n) is 8.98. The minimum atomic E-state index is -5.84. The molecular formula is C47H79F5O29S6. The molecule has 0 amide bonds. The first-order valence-corrected chi connectivity index (χ1v) is 36.3. The molecule has 7 N–H and O–H groups in total. The summed E-state index contributed by atoms with van der Waals surface area (Å²) < 4.78 is 251. The predicted octanol–water partition coefficient (Wildman–Crippen LogP) is 4.83. The number of carbonyl (C=O) groups is 5. The van der Waals surface area contributed by atoms with Crippen molar-refractivity contribution in [2.24, 2.45) is 41.4 Å². The smallest absolute Gasteiger partial charge is 0.464 e. The zero-order valence-corrected chi connectivity index (χ0v) is 52.3. The van der Waals surface area contributed by atoms with E-state index in [1.165, 1.54) is 32.6 Å². The maximum atomic E-state index is 12.4. The average molecular weight is 1400 g/mol. The maximum Gasteiger partial charge on any atom is 0.522 e. The van der Waals surface area contributed by atoms with E-state index in [1.54, 1.807) is 0 Å². The lowest BCUT2D eigenvalue weighted by atomic mass is 9.67. The Morgan fingerprint density at radius 1 is 0.425 bits per heavy atom. The van der Waals surface area contributed by atoms with Crippen molar-refractivity contribution in [3.05, 3.63) is 12.2 Å². The summed E-state index contributed by atoms with van der Waals surface area (Å²) in [5, 5.41) is 4.43. The lowest BCUT2D eigenvalue weighted by molar-refractivity contribution is -0.151. The first-order valence-electron chi connectivity index (χ1n) is 27.0. The molecular weight excluding hydrogens is 1320 g/mol. The summed E-state index contributed by atoms with van der Waals surface area (Å²) in [5.74, 6) is -3.44. The number of carbonyl (C=O) groups excluding carboxylic acids is 5. The Labute approximate surface area is 503 Å². The summed E-state index contributed by atoms with van der Waals surface area (Å²) in [4.78, 5) is 56.6. The second-order valence-corrected chi connectivity index (χ2v) is 30.0. The molecule has 0 aliphatic heterocycles. The van der Waals surface area contributed by atoms with E-state index < -0.39 is 113 Å². The van der Waals surface area contributed by atoms with E-state index in [2.05, 4.69) is 11.3 Å². The lowest BCUT2D eigenvalue weighted by Gasteiger charge is -2.38. The highest BCUT2D eigenvalue weighted by Crippen LogP contribution is 2.43. The molecule has 29 nitrogen and oxygen atoms in total. The molecule has 0 spiro atoms. The Morgan fingerprint density at radius 3 is 1.03 bits per heavy atom. The van der Waals surface area contributed by atoms with Crippen LogP contribution in [0.1, 0.15) is 135 Å². The van der Waals surface area contributed by atoms with Crippen LogP contribution in [0.3, 0.4) is 0 Å². The summed E-state index contributed by atoms with van der Waals surface area (Å²) in [6, 6.07) is 0. The third-order valence-corrected chi connectivity index (χ3v) is 17.9. The standard InChI is InChI=1S/C13H22O5S.C10H18O6S.C9H16O5S.C8H14O5S.C6H8F2O5S.CHF3O3S/c14-13(18-7-8-19(15,16)17)12-6-5-10-3-1-2-4-11(10)9-12;11-7-8-1-3-9(4-2-8)10(12)16-5-6-17(13,14)15;10-9(8-4-2-1-3-5-8)14-6-7-15(11,12)13;9-8(7-3-1-2-4-7)13-5-6-14(10,11)12;1-4(2)5(9)13-3-6(7,8)14(10,11)12;2-1(3,4)8(5,6)7/h10-12H,1-9H2,(H,15,16,17);8-9,11H,1-7H2,(H,13,14,15);8H,1-7H2,(H,11,12,13);7H,1-6H2,(H,10,11,12);1,3H2,2H3,(H,10,11,12);(H,5,6,7). The largest absolute Gasteiger partial charge is 0.522 e. The van der Waals surface area contributed by atoms with Gasteiger partial charge in [0.15, 0.2) is 6.61 Å². The fraction of sp³-hybridized carbons (Fsp3) is 0.851. The molecule has 0 aromatic heterocycles. The summed E-state index contributed by atoms with van der Waals surface area (Å²) in [6.07, 6.45) is 19.3. The average Bonchev–Trinajstić information content (AvgIpc) is 3.43. The van der Waals surface area contributed by atoms with Gasteiger partial charge in [0, 0.05) is 12.2 Å². The van der Waals surface area contributed by atoms with Crippen LogP contribution in [0.15, 0.2) is 12.2 Å². The highest BCUT2D eigenvalue weighted by Gasteiger charge is 2.46. The molecule has 87 heavy (non-hydrogen) atoms. The monoisotopic (exact) mass is 1390 g/mol. The number of ether oxygens (including phenoxy) is 5. The van der Waals surface area contributed by atoms with Crippen LogP contribution in [-0.2, 0) is 108 Å². The van der Waals surface area contributed by atoms with E-state index in [0.29, 0.717) is 18.8 Å². The molecule has 3 atom stereocenters. The number of fused-ring (bicyclic) bond motifs is 1. The first kappa shape index (κ1) is 83.2. The van der Waals surface area contributed by atoms with E-state index in [9.17, 15) is 88.0 Å². The summed E-state index contributed by atoms with van der Waals surface area (Å²) in [7, 11) is -27.6. The Balaban J connectivity index is 0.00000104. The van der Waals surface area contributed by atoms with E-state index in [0.717, 1.165) is 95.8 Å². The Morgan fingerprint density at radius 2 is 0.724 bits per heavy atom. The van der Waals surface area contributed by atoms with Gasteiger partial charge in [-0.1, -0.05) is 64.4 Å². The van der Waals surface area contributed by atoms with Crippen molar-refractivity contribution in [3.63, 3.8) is 0 Å². The summed E-state index contributed by atoms with van der Waals surface area (Å²) >= 11 is 0. The van der Waals surface area contributed by atoms with E-state index in [4.69, 9.17) is 59.8 Å². The van der Waals surface area contributed by atoms with Gasteiger partial charge in [-0.05, 0) is 95.3 Å². The molecule has 5 fully saturated rings. The van der Waals surface area contributed by atoms with Gasteiger partial charge < -0.3 is 28.8 Å². The Kier molecular flexibility index (Phi) is 37.1. The topological polar surface area (TPSA) is 478 Å². The normalized spacial score (nSPS) is 21.3. The van der Waals surface area contributed by atoms with Gasteiger partial charge in [0.2, 0.25) is 0 Å². The second kappa shape index (κ2) is 38.8. The second-order valence-electron chi connectivity index (χ2n) is 20.7. The molecule has 0 heterocycles. The minimum absolute atomic E-state index is 0.0728. The molecule has 0 aromatic rings. The molecule has 0 saturated heterocycles. The quantitative estimate of drug-likeness (QED) is 0.0202. The zero-order valence-electron chi connectivity index (χ0n) is 47.4. The maximum absolute atomic E-state index is 12.4. The van der Waals surface area contributed by atoms with Crippen LogP contribution in [0.25, 0.3) is 0 Å². The zero-order chi connectivity index (χ0) is 67.3. The van der Waals surface area contributed by atoms with Gasteiger partial charge in [-0.2, -0.15) is 72.5 Å². The molecule has 0 radical (unpaired) electrons. The summed E-state index contributed by atoms with van der Waals surface area (Å²) in [5.41, 5.74) is -5.69. The molecule has 5 aliphatic carbocycles. The molecule has 512 valence electrons. The van der Waals surface area contributed by atoms with Crippen molar-refractivity contribution in [2.75, 3.05) is 62.7 Å². The van der Waals surface area contributed by atoms with Crippen molar-refractivity contribution in [3.8, 4) is 0 Å². The van der Waals surface area contributed by atoms with Gasteiger partial charge in [-0.15, -0.1) is 0 Å². The van der Waals surface area contributed by atoms with Gasteiger partial charge >= 0.3 is 60.8 Å². The van der Waals surface area contributed by atoms with Crippen LogP contribution in [-0.4, -0.2) is 186 Å². The van der Waals surface area contributed by atoms with Crippen molar-refractivity contribution in [2.45, 2.75) is 146 Å². The lowest BCUT2D eigenvalue weighted by Crippen LogP contribution is -2.34. The Bertz CT molecular complexity index is 2870. The van der Waals surface area contributed by atoms with Crippen LogP contribution >= 0.6 is 0 Å². The predicted molar refractivity (Wildman–Crippen MR) is 293 cm³/mol. The number of esters is 5. The van der Waals surface area contributed by atoms with Crippen molar-refractivity contribution >= 4 is 90.6 Å². The highest BCUT2D eigenvalue weighted by atomic mass is 32.2. The molecule has 3 unspecified atom stereocenters. The van der Waals surface area contributed by atoms with Crippen LogP contribution < -0.4 is 0 Å². The number of alkyl halides is 5. The number of hydrogen-bond donors (Lipinski definition) is 7. The number of hydrogen-bond acceptors (Lipinski definition) is 23. The van der Waals surface area contributed by atoms with Crippen molar-refractivity contribution in [1.29, 1.82) is 0 Å². The van der Waals surface area contributed by atoms with E-state index in [-0.39, 0.29) is 86.1 Å². The van der Waals surface area contributed by atoms with Gasteiger partial charge in [-0.3, -0.25) is 46.5 Å². The molecule has 5 aliphatic rings. The number of halogens is 5. The van der Waals surface area contributed by atoms with Crippen molar-refractivity contribution < 1.29 is 153 Å². The molecule has 0 bridgehead atoms. The van der Waals surface area contributed by atoms with Gasteiger partial charge in [-0.25, -0.2) is 4.79 Å². The van der Waals surface area contributed by atoms with Crippen molar-refractivity contribution in [1.82, 2.24) is 0 Å². The molecule has 0 aromatic carbocycles. The highest BCUT2D eigenvalue weighted by molar-refractivity contribution is 7.87. The SMILES string of the molecule is C=C(C)C(=O)OCC(F)(F)S(=O)(=O)O.O=C(OCCS(=O)(=O)O)C1CCC(CO)CC1.O=C(OCCS(=O)(=O)O)C1CCC2CCCCC2C1.O=C(OCCS(=O)(=O)O)C1CCCC1.O=C(OCCS(=O)(=O)O)C1CCCCC1.O=S(=O)(O)C(F)(F)F. The van der Waals surface area contributed by atoms with E-state index >= 15 is 0 Å². The van der Waals surface area contributed by atoms with Crippen LogP contribution in [0.5, 0.6) is 0 Å². The number of aliphatic hydroxyl groups excluding tert-OH is 1. The third-order valence-electron chi connectivity index (χ3n) is 13.7. The fourth-order valence-corrected chi connectivity index (χ4v) is 10.4. The van der Waals surface area contributed by atoms with Gasteiger partial charge in [0.05, 0.1) is 23.7 Å². The number of aliphatic hydroxyl groups is 1. The molecule has 40 heteroatoms. The van der Waals surface area contributed by atoms with Crippen LogP contribution in [0.4, 0.5) is 22.0 Å². The van der Waals surface area contributed by atoms with Crippen LogP contribution in [0.2, 0.25) is 0 Å². The Hall–Kier alpha value is -3.84. The molecule has 5 saturated carbocycles. The molecule has 5 rings (SSSR count). The van der Waals surface area contributed by atoms with Gasteiger partial charge in [0.25, 0.3) is 40.5 Å².